The van der Waals surface area contributed by atoms with Gasteiger partial charge in [0, 0.05) is 11.0 Å². The number of nitrogens with zero attached hydrogens (tertiary/aromatic N) is 4. The molecule has 126 valence electrons. The zero-order chi connectivity index (χ0) is 16.8. The zero-order valence-corrected chi connectivity index (χ0v) is 14.5. The second-order valence-corrected chi connectivity index (χ2v) is 6.68. The molecule has 0 bridgehead atoms. The predicted octanol–water partition coefficient (Wildman–Crippen LogP) is 1.55. The maximum absolute atomic E-state index is 11.7. The van der Waals surface area contributed by atoms with Crippen molar-refractivity contribution >= 4 is 21.9 Å². The van der Waals surface area contributed by atoms with Gasteiger partial charge in [-0.25, -0.2) is 0 Å². The van der Waals surface area contributed by atoms with Crippen LogP contribution >= 0.6 is 15.9 Å². The number of aliphatic carboxylic acids is 1. The van der Waals surface area contributed by atoms with E-state index in [9.17, 15) is 9.90 Å². The zero-order valence-electron chi connectivity index (χ0n) is 12.9. The van der Waals surface area contributed by atoms with Crippen LogP contribution in [0.2, 0.25) is 0 Å². The summed E-state index contributed by atoms with van der Waals surface area (Å²) in [6, 6.07) is 3.10. The highest BCUT2D eigenvalue weighted by atomic mass is 79.9. The lowest BCUT2D eigenvalue weighted by Crippen LogP contribution is -2.47. The van der Waals surface area contributed by atoms with Crippen molar-refractivity contribution in [1.29, 1.82) is 0 Å². The Morgan fingerprint density at radius 3 is 2.88 bits per heavy atom. The van der Waals surface area contributed by atoms with Gasteiger partial charge in [-0.2, -0.15) is 0 Å². The number of aryl methyl sites for hydroxylation is 1. The van der Waals surface area contributed by atoms with E-state index in [2.05, 4.69) is 26.1 Å². The first-order valence-electron chi connectivity index (χ1n) is 7.46. The molecule has 2 aromatic rings. The van der Waals surface area contributed by atoms with Crippen LogP contribution < -0.4 is 9.47 Å². The van der Waals surface area contributed by atoms with Crippen LogP contribution in [0.15, 0.2) is 16.6 Å². The normalized spacial score (nSPS) is 19.3. The van der Waals surface area contributed by atoms with Gasteiger partial charge in [0.1, 0.15) is 17.7 Å². The third-order valence-electron chi connectivity index (χ3n) is 4.35. The molecule has 0 radical (unpaired) electrons. The molecule has 0 aliphatic carbocycles. The number of ether oxygens (including phenoxy) is 2. The van der Waals surface area contributed by atoms with E-state index >= 15 is 0 Å². The van der Waals surface area contributed by atoms with Crippen molar-refractivity contribution in [3.05, 3.63) is 33.8 Å². The Bertz CT molecular complexity index is 822. The van der Waals surface area contributed by atoms with Gasteiger partial charge in [-0.15, -0.1) is 10.2 Å². The molecule has 0 saturated carbocycles. The number of rotatable bonds is 3. The third-order valence-corrected chi connectivity index (χ3v) is 5.09. The van der Waals surface area contributed by atoms with E-state index in [1.165, 1.54) is 0 Å². The van der Waals surface area contributed by atoms with Crippen molar-refractivity contribution in [3.8, 4) is 11.5 Å². The van der Waals surface area contributed by atoms with E-state index in [1.54, 1.807) is 0 Å². The van der Waals surface area contributed by atoms with Crippen LogP contribution in [0.4, 0.5) is 0 Å². The van der Waals surface area contributed by atoms with Crippen LogP contribution in [0.25, 0.3) is 0 Å². The van der Waals surface area contributed by atoms with Crippen molar-refractivity contribution in [2.24, 2.45) is 0 Å². The summed E-state index contributed by atoms with van der Waals surface area (Å²) in [7, 11) is 0. The maximum atomic E-state index is 11.7. The van der Waals surface area contributed by atoms with Gasteiger partial charge in [0.25, 0.3) is 0 Å². The van der Waals surface area contributed by atoms with Crippen LogP contribution in [0.5, 0.6) is 11.5 Å². The van der Waals surface area contributed by atoms with E-state index < -0.39 is 12.0 Å². The lowest BCUT2D eigenvalue weighted by molar-refractivity contribution is -0.145. The molecule has 1 aromatic heterocycles. The first-order chi connectivity index (χ1) is 11.5. The molecular formula is C15H15BrN4O4. The number of aromatic nitrogens is 3. The van der Waals surface area contributed by atoms with Crippen LogP contribution in [0, 0.1) is 6.92 Å². The van der Waals surface area contributed by atoms with Crippen molar-refractivity contribution in [2.75, 3.05) is 6.79 Å². The Kier molecular flexibility index (Phi) is 3.69. The van der Waals surface area contributed by atoms with Gasteiger partial charge in [-0.05, 0) is 24.6 Å². The molecule has 8 nitrogen and oxygen atoms in total. The Morgan fingerprint density at radius 2 is 2.12 bits per heavy atom. The maximum Gasteiger partial charge on any atom is 0.322 e. The van der Waals surface area contributed by atoms with Gasteiger partial charge >= 0.3 is 5.97 Å². The third kappa shape index (κ3) is 2.53. The fraction of sp³-hybridized carbons (Fsp3) is 0.400. The number of carboxylic acid groups (broad SMARTS) is 1. The highest BCUT2D eigenvalue weighted by Crippen LogP contribution is 2.37. The topological polar surface area (TPSA) is 89.7 Å². The summed E-state index contributed by atoms with van der Waals surface area (Å²) >= 11 is 3.53. The molecule has 1 unspecified atom stereocenters. The highest BCUT2D eigenvalue weighted by Gasteiger charge is 2.34. The summed E-state index contributed by atoms with van der Waals surface area (Å²) < 4.78 is 13.5. The minimum Gasteiger partial charge on any atom is -0.480 e. The molecule has 1 atom stereocenters. The van der Waals surface area contributed by atoms with Crippen LogP contribution in [-0.2, 0) is 24.4 Å². The first-order valence-corrected chi connectivity index (χ1v) is 8.26. The average molecular weight is 395 g/mol. The van der Waals surface area contributed by atoms with Gasteiger partial charge in [0.05, 0.1) is 13.1 Å². The number of hydrogen-bond donors (Lipinski definition) is 1. The SMILES string of the molecule is Cc1nnc2n1CC(C(=O)O)N(Cc1cc3c(cc1Br)OCO3)C2. The van der Waals surface area contributed by atoms with Crippen molar-refractivity contribution in [2.45, 2.75) is 32.6 Å². The summed E-state index contributed by atoms with van der Waals surface area (Å²) in [6.07, 6.45) is 0. The van der Waals surface area contributed by atoms with Crippen LogP contribution in [0.1, 0.15) is 17.2 Å². The van der Waals surface area contributed by atoms with Gasteiger partial charge in [-0.1, -0.05) is 15.9 Å². The number of halogens is 1. The van der Waals surface area contributed by atoms with E-state index in [0.717, 1.165) is 21.7 Å². The quantitative estimate of drug-likeness (QED) is 0.844. The molecule has 9 heteroatoms. The molecule has 2 aliphatic heterocycles. The van der Waals surface area contributed by atoms with Gasteiger partial charge in [-0.3, -0.25) is 9.69 Å². The van der Waals surface area contributed by atoms with Crippen LogP contribution in [-0.4, -0.2) is 43.6 Å². The van der Waals surface area contributed by atoms with Gasteiger partial charge in [0.2, 0.25) is 6.79 Å². The fourth-order valence-corrected chi connectivity index (χ4v) is 3.51. The summed E-state index contributed by atoms with van der Waals surface area (Å²) in [5, 5.41) is 17.8. The van der Waals surface area contributed by atoms with Crippen molar-refractivity contribution in [3.63, 3.8) is 0 Å². The monoisotopic (exact) mass is 394 g/mol. The van der Waals surface area contributed by atoms with Crippen molar-refractivity contribution in [1.82, 2.24) is 19.7 Å². The van der Waals surface area contributed by atoms with E-state index in [1.807, 2.05) is 28.5 Å². The summed E-state index contributed by atoms with van der Waals surface area (Å²) in [4.78, 5) is 13.6. The molecular weight excluding hydrogens is 380 g/mol. The van der Waals surface area contributed by atoms with Crippen LogP contribution in [0.3, 0.4) is 0 Å². The minimum atomic E-state index is -0.856. The second kappa shape index (κ2) is 5.75. The molecule has 4 rings (SSSR count). The summed E-state index contributed by atoms with van der Waals surface area (Å²) in [6.45, 7) is 3.26. The van der Waals surface area contributed by atoms with Crippen molar-refractivity contribution < 1.29 is 19.4 Å². The highest BCUT2D eigenvalue weighted by molar-refractivity contribution is 9.10. The molecule has 3 heterocycles. The smallest absolute Gasteiger partial charge is 0.322 e. The van der Waals surface area contributed by atoms with E-state index in [4.69, 9.17) is 9.47 Å². The second-order valence-electron chi connectivity index (χ2n) is 5.83. The Hall–Kier alpha value is -2.13. The Balaban J connectivity index is 1.64. The standard InChI is InChI=1S/C15H15BrN4O4/c1-8-17-18-14-6-19(11(15(21)22)5-20(8)14)4-9-2-12-13(3-10(9)16)24-7-23-12/h2-3,11H,4-7H2,1H3,(H,21,22). The lowest BCUT2D eigenvalue weighted by Gasteiger charge is -2.33. The fourth-order valence-electron chi connectivity index (χ4n) is 3.06. The molecule has 0 saturated heterocycles. The predicted molar refractivity (Wildman–Crippen MR) is 85.7 cm³/mol. The van der Waals surface area contributed by atoms with E-state index in [0.29, 0.717) is 31.1 Å². The summed E-state index contributed by atoms with van der Waals surface area (Å²) in [5.41, 5.74) is 0.940. The number of carboxylic acids is 1. The first kappa shape index (κ1) is 15.4. The number of benzene rings is 1. The number of fused-ring (bicyclic) bond motifs is 2. The largest absolute Gasteiger partial charge is 0.480 e. The van der Waals surface area contributed by atoms with E-state index in [-0.39, 0.29) is 6.79 Å². The number of carbonyl (C=O) groups is 1. The molecule has 24 heavy (non-hydrogen) atoms. The molecule has 0 amide bonds. The molecule has 0 fully saturated rings. The lowest BCUT2D eigenvalue weighted by atomic mass is 10.1. The molecule has 2 aliphatic rings. The summed E-state index contributed by atoms with van der Waals surface area (Å²) in [5.74, 6) is 2.03. The van der Waals surface area contributed by atoms with Gasteiger partial charge < -0.3 is 19.1 Å². The molecule has 0 spiro atoms. The Labute approximate surface area is 146 Å². The molecule has 1 N–H and O–H groups in total. The minimum absolute atomic E-state index is 0.203. The Morgan fingerprint density at radius 1 is 1.38 bits per heavy atom. The molecule has 1 aromatic carbocycles. The average Bonchev–Trinajstić information content (AvgIpc) is 3.13. The number of hydrogen-bond acceptors (Lipinski definition) is 6. The van der Waals surface area contributed by atoms with Gasteiger partial charge in [0.15, 0.2) is 11.5 Å².